The first-order valence-electron chi connectivity index (χ1n) is 9.63. The predicted octanol–water partition coefficient (Wildman–Crippen LogP) is 2.67. The zero-order chi connectivity index (χ0) is 22.2. The molecule has 0 unspecified atom stereocenters. The van der Waals surface area contributed by atoms with Crippen LogP contribution in [0.5, 0.6) is 0 Å². The van der Waals surface area contributed by atoms with Gasteiger partial charge in [0.15, 0.2) is 5.82 Å². The molecule has 164 valence electrons. The molecule has 2 N–H and O–H groups in total. The number of rotatable bonds is 6. The number of hydrogen-bond acceptors (Lipinski definition) is 6. The minimum atomic E-state index is -3.81. The molecule has 8 nitrogen and oxygen atoms in total. The first kappa shape index (κ1) is 21.2. The maximum atomic E-state index is 15.0. The van der Waals surface area contributed by atoms with Crippen LogP contribution in [0.1, 0.15) is 22.8 Å². The molecule has 0 bridgehead atoms. The van der Waals surface area contributed by atoms with Gasteiger partial charge in [-0.3, -0.25) is 9.52 Å². The van der Waals surface area contributed by atoms with Gasteiger partial charge in [0.25, 0.3) is 0 Å². The average Bonchev–Trinajstić information content (AvgIpc) is 3.19. The third-order valence-electron chi connectivity index (χ3n) is 5.10. The minimum absolute atomic E-state index is 0.0332. The van der Waals surface area contributed by atoms with E-state index in [1.807, 2.05) is 9.62 Å². The number of fused-ring (bicyclic) bond motifs is 1. The van der Waals surface area contributed by atoms with Gasteiger partial charge in [-0.15, -0.1) is 0 Å². The number of carbonyl (C=O) groups is 1. The van der Waals surface area contributed by atoms with E-state index < -0.39 is 38.7 Å². The van der Waals surface area contributed by atoms with Crippen molar-refractivity contribution in [1.29, 1.82) is 0 Å². The van der Waals surface area contributed by atoms with Crippen molar-refractivity contribution in [3.05, 3.63) is 53.4 Å². The third-order valence-corrected chi connectivity index (χ3v) is 6.39. The van der Waals surface area contributed by atoms with Crippen LogP contribution in [-0.2, 0) is 14.8 Å². The van der Waals surface area contributed by atoms with Gasteiger partial charge in [0.1, 0.15) is 11.5 Å². The molecule has 4 rings (SSSR count). The average molecular weight is 450 g/mol. The monoisotopic (exact) mass is 450 g/mol. The Kier molecular flexibility index (Phi) is 5.63. The molecular weight excluding hydrogens is 430 g/mol. The second-order valence-electron chi connectivity index (χ2n) is 7.01. The number of benzene rings is 1. The van der Waals surface area contributed by atoms with E-state index in [0.29, 0.717) is 37.3 Å². The summed E-state index contributed by atoms with van der Waals surface area (Å²) in [6.07, 6.45) is 2.99. The van der Waals surface area contributed by atoms with Crippen molar-refractivity contribution in [2.24, 2.45) is 0 Å². The molecule has 3 aromatic rings. The number of halogens is 2. The summed E-state index contributed by atoms with van der Waals surface area (Å²) >= 11 is 0. The van der Waals surface area contributed by atoms with Crippen LogP contribution in [0.25, 0.3) is 11.0 Å². The van der Waals surface area contributed by atoms with E-state index in [2.05, 4.69) is 9.97 Å². The third kappa shape index (κ3) is 4.10. The van der Waals surface area contributed by atoms with Crippen LogP contribution < -0.4 is 9.62 Å². The van der Waals surface area contributed by atoms with Gasteiger partial charge >= 0.3 is 0 Å². The minimum Gasteiger partial charge on any atom is -0.378 e. The summed E-state index contributed by atoms with van der Waals surface area (Å²) < 4.78 is 60.4. The van der Waals surface area contributed by atoms with Crippen LogP contribution in [0.2, 0.25) is 0 Å². The van der Waals surface area contributed by atoms with Gasteiger partial charge in [-0.2, -0.15) is 0 Å². The van der Waals surface area contributed by atoms with Gasteiger partial charge in [-0.05, 0) is 25.1 Å². The van der Waals surface area contributed by atoms with Gasteiger partial charge < -0.3 is 14.6 Å². The largest absolute Gasteiger partial charge is 0.378 e. The molecule has 0 radical (unpaired) electrons. The van der Waals surface area contributed by atoms with Crippen LogP contribution >= 0.6 is 0 Å². The van der Waals surface area contributed by atoms with E-state index in [0.717, 1.165) is 17.8 Å². The Bertz CT molecular complexity index is 1250. The Morgan fingerprint density at radius 1 is 1.29 bits per heavy atom. The molecule has 2 aromatic heterocycles. The Balaban J connectivity index is 1.76. The molecule has 0 amide bonds. The van der Waals surface area contributed by atoms with Gasteiger partial charge in [0, 0.05) is 30.2 Å². The van der Waals surface area contributed by atoms with E-state index in [-0.39, 0.29) is 11.3 Å². The number of H-pyrrole nitrogens is 1. The number of aromatic nitrogens is 2. The molecule has 1 fully saturated rings. The number of carbonyl (C=O) groups excluding carboxylic acids is 1. The first-order valence-corrected chi connectivity index (χ1v) is 11.3. The van der Waals surface area contributed by atoms with Crippen molar-refractivity contribution in [2.75, 3.05) is 41.7 Å². The lowest BCUT2D eigenvalue weighted by molar-refractivity contribution is 0.103. The van der Waals surface area contributed by atoms with Crippen LogP contribution in [0, 0.1) is 11.6 Å². The molecule has 11 heteroatoms. The molecule has 1 saturated heterocycles. The summed E-state index contributed by atoms with van der Waals surface area (Å²) in [5.74, 6) is -3.58. The van der Waals surface area contributed by atoms with Gasteiger partial charge in [-0.25, -0.2) is 22.2 Å². The Morgan fingerprint density at radius 2 is 2.03 bits per heavy atom. The summed E-state index contributed by atoms with van der Waals surface area (Å²) in [5, 5.41) is 0.410. The summed E-state index contributed by atoms with van der Waals surface area (Å²) in [6.45, 7) is 3.82. The molecular formula is C20H20F2N4O4S. The topological polar surface area (TPSA) is 104 Å². The van der Waals surface area contributed by atoms with E-state index in [1.54, 1.807) is 12.3 Å². The lowest BCUT2D eigenvalue weighted by Gasteiger charge is -2.28. The van der Waals surface area contributed by atoms with E-state index in [9.17, 15) is 22.0 Å². The SMILES string of the molecule is CCS(=O)(=O)Nc1ccc(F)c(C(=O)c2c[nH]c3ncc(N4CCOCC4)cc23)c1F. The van der Waals surface area contributed by atoms with Crippen molar-refractivity contribution < 1.29 is 26.7 Å². The number of ketones is 1. The maximum Gasteiger partial charge on any atom is 0.232 e. The quantitative estimate of drug-likeness (QED) is 0.560. The van der Waals surface area contributed by atoms with Gasteiger partial charge in [-0.1, -0.05) is 0 Å². The highest BCUT2D eigenvalue weighted by Gasteiger charge is 2.26. The second kappa shape index (κ2) is 8.23. The first-order chi connectivity index (χ1) is 14.8. The van der Waals surface area contributed by atoms with E-state index in [4.69, 9.17) is 4.74 Å². The lowest BCUT2D eigenvalue weighted by atomic mass is 10.0. The second-order valence-corrected chi connectivity index (χ2v) is 9.02. The van der Waals surface area contributed by atoms with Crippen molar-refractivity contribution in [2.45, 2.75) is 6.92 Å². The highest BCUT2D eigenvalue weighted by atomic mass is 32.2. The summed E-state index contributed by atoms with van der Waals surface area (Å²) in [5.41, 5.74) is -0.141. The number of hydrogen-bond donors (Lipinski definition) is 2. The number of sulfonamides is 1. The maximum absolute atomic E-state index is 15.0. The predicted molar refractivity (Wildman–Crippen MR) is 112 cm³/mol. The molecule has 0 aliphatic carbocycles. The highest BCUT2D eigenvalue weighted by molar-refractivity contribution is 7.92. The normalized spacial score (nSPS) is 14.7. The number of anilines is 2. The number of pyridine rings is 1. The van der Waals surface area contributed by atoms with Gasteiger partial charge in [0.05, 0.1) is 42.1 Å². The summed E-state index contributed by atoms with van der Waals surface area (Å²) in [7, 11) is -3.81. The van der Waals surface area contributed by atoms with Gasteiger partial charge in [0.2, 0.25) is 15.8 Å². The molecule has 1 aliphatic rings. The van der Waals surface area contributed by atoms with Crippen LogP contribution in [0.4, 0.5) is 20.2 Å². The number of nitrogens with zero attached hydrogens (tertiary/aromatic N) is 2. The molecule has 31 heavy (non-hydrogen) atoms. The number of nitrogens with one attached hydrogen (secondary N) is 2. The van der Waals surface area contributed by atoms with Crippen LogP contribution in [0.15, 0.2) is 30.6 Å². The number of morpholine rings is 1. The highest BCUT2D eigenvalue weighted by Crippen LogP contribution is 2.29. The summed E-state index contributed by atoms with van der Waals surface area (Å²) in [6, 6.07) is 3.54. The van der Waals surface area contributed by atoms with Crippen molar-refractivity contribution in [3.63, 3.8) is 0 Å². The zero-order valence-electron chi connectivity index (χ0n) is 16.6. The van der Waals surface area contributed by atoms with Crippen LogP contribution in [-0.4, -0.2) is 56.2 Å². The summed E-state index contributed by atoms with van der Waals surface area (Å²) in [4.78, 5) is 22.3. The fourth-order valence-electron chi connectivity index (χ4n) is 3.39. The Morgan fingerprint density at radius 3 is 2.74 bits per heavy atom. The van der Waals surface area contributed by atoms with Crippen molar-refractivity contribution >= 4 is 38.2 Å². The van der Waals surface area contributed by atoms with E-state index in [1.165, 1.54) is 13.1 Å². The molecule has 0 atom stereocenters. The fraction of sp³-hybridized carbons (Fsp3) is 0.300. The van der Waals surface area contributed by atoms with Crippen LogP contribution in [0.3, 0.4) is 0 Å². The standard InChI is InChI=1S/C20H20F2N4O4S/c1-2-31(28,29)25-16-4-3-15(21)17(18(16)22)19(27)14-11-24-20-13(14)9-12(10-23-20)26-5-7-30-8-6-26/h3-4,9-11,25H,2,5-8H2,1H3,(H,23,24). The number of aromatic amines is 1. The van der Waals surface area contributed by atoms with E-state index >= 15 is 0 Å². The Hall–Kier alpha value is -3.05. The molecule has 1 aliphatic heterocycles. The molecule has 0 saturated carbocycles. The molecule has 3 heterocycles. The smallest absolute Gasteiger partial charge is 0.232 e. The molecule has 1 aromatic carbocycles. The van der Waals surface area contributed by atoms with Crippen molar-refractivity contribution in [1.82, 2.24) is 9.97 Å². The molecule has 0 spiro atoms. The van der Waals surface area contributed by atoms with Crippen molar-refractivity contribution in [3.8, 4) is 0 Å². The number of ether oxygens (including phenoxy) is 1. The lowest BCUT2D eigenvalue weighted by Crippen LogP contribution is -2.36. The fourth-order valence-corrected chi connectivity index (χ4v) is 4.03. The zero-order valence-corrected chi connectivity index (χ0v) is 17.4. The Labute approximate surface area is 177 Å².